The lowest BCUT2D eigenvalue weighted by atomic mass is 10.2. The number of nitrogens with zero attached hydrogens (tertiary/aromatic N) is 3. The average Bonchev–Trinajstić information content (AvgIpc) is 2.38. The number of rotatable bonds is 2. The number of thiophene rings is 1. The zero-order valence-corrected chi connectivity index (χ0v) is 6.38. The fourth-order valence-corrected chi connectivity index (χ4v) is 1.40. The smallest absolute Gasteiger partial charge is 0.0605 e. The zero-order chi connectivity index (χ0) is 7.40. The second-order valence-corrected chi connectivity index (χ2v) is 2.72. The molecule has 0 aliphatic carbocycles. The van der Waals surface area contributed by atoms with Gasteiger partial charge in [-0.25, -0.2) is 0 Å². The molecule has 52 valence electrons. The molecule has 0 saturated heterocycles. The topological polar surface area (TPSA) is 48.8 Å². The second kappa shape index (κ2) is 3.25. The van der Waals surface area contributed by atoms with Crippen LogP contribution in [0.25, 0.3) is 10.4 Å². The SMILES string of the molecule is C[C@@H](N=[N+]=[N-])c1ccsc1. The Hall–Kier alpha value is -0.990. The van der Waals surface area contributed by atoms with Crippen LogP contribution >= 0.6 is 11.3 Å². The Labute approximate surface area is 62.9 Å². The summed E-state index contributed by atoms with van der Waals surface area (Å²) in [5, 5.41) is 7.51. The maximum absolute atomic E-state index is 8.10. The van der Waals surface area contributed by atoms with Crippen LogP contribution in [-0.4, -0.2) is 0 Å². The molecule has 1 aromatic rings. The normalized spacial score (nSPS) is 12.1. The van der Waals surface area contributed by atoms with E-state index in [2.05, 4.69) is 10.0 Å². The molecular formula is C6H7N3S. The van der Waals surface area contributed by atoms with Gasteiger partial charge in [-0.2, -0.15) is 11.3 Å². The molecule has 4 heteroatoms. The Balaban J connectivity index is 2.76. The first-order valence-corrected chi connectivity index (χ1v) is 3.85. The van der Waals surface area contributed by atoms with E-state index >= 15 is 0 Å². The summed E-state index contributed by atoms with van der Waals surface area (Å²) in [4.78, 5) is 2.72. The molecule has 0 amide bonds. The van der Waals surface area contributed by atoms with Gasteiger partial charge in [0.1, 0.15) is 0 Å². The molecule has 0 aliphatic heterocycles. The molecule has 10 heavy (non-hydrogen) atoms. The van der Waals surface area contributed by atoms with E-state index in [-0.39, 0.29) is 6.04 Å². The van der Waals surface area contributed by atoms with Crippen LogP contribution in [0, 0.1) is 0 Å². The fourth-order valence-electron chi connectivity index (χ4n) is 0.657. The van der Waals surface area contributed by atoms with Gasteiger partial charge in [0.25, 0.3) is 0 Å². The lowest BCUT2D eigenvalue weighted by Gasteiger charge is -1.96. The maximum atomic E-state index is 8.10. The first kappa shape index (κ1) is 7.12. The molecule has 3 nitrogen and oxygen atoms in total. The Morgan fingerprint density at radius 1 is 1.80 bits per heavy atom. The number of hydrogen-bond acceptors (Lipinski definition) is 2. The van der Waals surface area contributed by atoms with Gasteiger partial charge in [0, 0.05) is 4.91 Å². The summed E-state index contributed by atoms with van der Waals surface area (Å²) in [5.74, 6) is 0. The number of azide groups is 1. The van der Waals surface area contributed by atoms with Crippen LogP contribution in [0.2, 0.25) is 0 Å². The van der Waals surface area contributed by atoms with Crippen LogP contribution < -0.4 is 0 Å². The Morgan fingerprint density at radius 2 is 2.60 bits per heavy atom. The van der Waals surface area contributed by atoms with E-state index in [1.165, 1.54) is 0 Å². The highest BCUT2D eigenvalue weighted by molar-refractivity contribution is 7.07. The van der Waals surface area contributed by atoms with E-state index in [0.717, 1.165) is 5.56 Å². The van der Waals surface area contributed by atoms with E-state index in [4.69, 9.17) is 5.53 Å². The van der Waals surface area contributed by atoms with Crippen molar-refractivity contribution in [1.29, 1.82) is 0 Å². The second-order valence-electron chi connectivity index (χ2n) is 1.94. The van der Waals surface area contributed by atoms with E-state index in [0.29, 0.717) is 0 Å². The van der Waals surface area contributed by atoms with Crippen molar-refractivity contribution in [2.24, 2.45) is 5.11 Å². The zero-order valence-electron chi connectivity index (χ0n) is 5.56. The summed E-state index contributed by atoms with van der Waals surface area (Å²) >= 11 is 1.61. The molecule has 1 atom stereocenters. The summed E-state index contributed by atoms with van der Waals surface area (Å²) < 4.78 is 0. The first-order chi connectivity index (χ1) is 4.84. The predicted octanol–water partition coefficient (Wildman–Crippen LogP) is 3.12. The quantitative estimate of drug-likeness (QED) is 0.356. The van der Waals surface area contributed by atoms with Crippen molar-refractivity contribution >= 4 is 11.3 Å². The highest BCUT2D eigenvalue weighted by atomic mass is 32.1. The first-order valence-electron chi connectivity index (χ1n) is 2.91. The van der Waals surface area contributed by atoms with Gasteiger partial charge in [0.15, 0.2) is 0 Å². The average molecular weight is 153 g/mol. The monoisotopic (exact) mass is 153 g/mol. The van der Waals surface area contributed by atoms with Crippen LogP contribution in [0.4, 0.5) is 0 Å². The van der Waals surface area contributed by atoms with Gasteiger partial charge in [0.2, 0.25) is 0 Å². The summed E-state index contributed by atoms with van der Waals surface area (Å²) in [6.07, 6.45) is 0. The third-order valence-corrected chi connectivity index (χ3v) is 1.95. The molecule has 1 heterocycles. The molecule has 0 unspecified atom stereocenters. The third-order valence-electron chi connectivity index (χ3n) is 1.25. The highest BCUT2D eigenvalue weighted by Gasteiger charge is 2.00. The van der Waals surface area contributed by atoms with Gasteiger partial charge in [-0.3, -0.25) is 0 Å². The van der Waals surface area contributed by atoms with Crippen LogP contribution in [0.15, 0.2) is 21.9 Å². The molecule has 0 N–H and O–H groups in total. The molecule has 1 rings (SSSR count). The van der Waals surface area contributed by atoms with Crippen molar-refractivity contribution in [3.8, 4) is 0 Å². The maximum Gasteiger partial charge on any atom is 0.0605 e. The fraction of sp³-hybridized carbons (Fsp3) is 0.333. The molecule has 0 spiro atoms. The predicted molar refractivity (Wildman–Crippen MR) is 41.9 cm³/mol. The third kappa shape index (κ3) is 1.50. The van der Waals surface area contributed by atoms with Gasteiger partial charge >= 0.3 is 0 Å². The largest absolute Gasteiger partial charge is 0.152 e. The van der Waals surface area contributed by atoms with Crippen molar-refractivity contribution in [3.63, 3.8) is 0 Å². The van der Waals surface area contributed by atoms with Gasteiger partial charge in [-0.15, -0.1) is 0 Å². The van der Waals surface area contributed by atoms with Crippen LogP contribution in [-0.2, 0) is 0 Å². The summed E-state index contributed by atoms with van der Waals surface area (Å²) in [7, 11) is 0. The van der Waals surface area contributed by atoms with E-state index < -0.39 is 0 Å². The molecule has 0 bridgehead atoms. The lowest BCUT2D eigenvalue weighted by molar-refractivity contribution is 0.812. The van der Waals surface area contributed by atoms with Crippen LogP contribution in [0.1, 0.15) is 18.5 Å². The molecule has 0 aliphatic rings. The van der Waals surface area contributed by atoms with Gasteiger partial charge in [-0.1, -0.05) is 12.0 Å². The van der Waals surface area contributed by atoms with Gasteiger partial charge in [0.05, 0.1) is 6.04 Å². The van der Waals surface area contributed by atoms with Gasteiger partial charge in [-0.05, 0) is 27.9 Å². The van der Waals surface area contributed by atoms with Crippen molar-refractivity contribution in [1.82, 2.24) is 0 Å². The lowest BCUT2D eigenvalue weighted by Crippen LogP contribution is -1.81. The Morgan fingerprint density at radius 3 is 3.10 bits per heavy atom. The van der Waals surface area contributed by atoms with Crippen molar-refractivity contribution in [2.45, 2.75) is 13.0 Å². The Kier molecular flexibility index (Phi) is 2.31. The van der Waals surface area contributed by atoms with Crippen LogP contribution in [0.3, 0.4) is 0 Å². The minimum absolute atomic E-state index is 0.0313. The van der Waals surface area contributed by atoms with E-state index in [1.807, 2.05) is 23.8 Å². The van der Waals surface area contributed by atoms with Crippen LogP contribution in [0.5, 0.6) is 0 Å². The summed E-state index contributed by atoms with van der Waals surface area (Å²) in [6.45, 7) is 1.88. The molecular weight excluding hydrogens is 146 g/mol. The molecule has 0 aromatic carbocycles. The minimum atomic E-state index is -0.0313. The molecule has 1 aromatic heterocycles. The van der Waals surface area contributed by atoms with Crippen molar-refractivity contribution in [2.75, 3.05) is 0 Å². The van der Waals surface area contributed by atoms with E-state index in [9.17, 15) is 0 Å². The summed E-state index contributed by atoms with van der Waals surface area (Å²) in [6, 6.07) is 1.93. The molecule has 0 fully saturated rings. The standard InChI is InChI=1S/C6H7N3S/c1-5(8-9-7)6-2-3-10-4-6/h2-5H,1H3/t5-/m1/s1. The molecule has 0 radical (unpaired) electrons. The number of hydrogen-bond donors (Lipinski definition) is 0. The summed E-state index contributed by atoms with van der Waals surface area (Å²) in [5.41, 5.74) is 9.18. The van der Waals surface area contributed by atoms with Crippen molar-refractivity contribution in [3.05, 3.63) is 32.8 Å². The Bertz CT molecular complexity index is 236. The van der Waals surface area contributed by atoms with Gasteiger partial charge < -0.3 is 0 Å². The van der Waals surface area contributed by atoms with E-state index in [1.54, 1.807) is 11.3 Å². The highest BCUT2D eigenvalue weighted by Crippen LogP contribution is 2.18. The minimum Gasteiger partial charge on any atom is -0.152 e. The van der Waals surface area contributed by atoms with Crippen molar-refractivity contribution < 1.29 is 0 Å². The molecule has 0 saturated carbocycles.